The topological polar surface area (TPSA) is 92.4 Å². The minimum Gasteiger partial charge on any atom is -0.481 e. The van der Waals surface area contributed by atoms with Gasteiger partial charge in [0.05, 0.1) is 5.41 Å². The summed E-state index contributed by atoms with van der Waals surface area (Å²) in [6.07, 6.45) is 2.34. The van der Waals surface area contributed by atoms with E-state index in [0.29, 0.717) is 6.42 Å². The Morgan fingerprint density at radius 3 is 2.17 bits per heavy atom. The van der Waals surface area contributed by atoms with Crippen molar-refractivity contribution in [2.75, 3.05) is 0 Å². The van der Waals surface area contributed by atoms with E-state index in [-0.39, 0.29) is 17.9 Å². The van der Waals surface area contributed by atoms with Crippen LogP contribution in [0.5, 0.6) is 0 Å². The lowest BCUT2D eigenvalue weighted by atomic mass is 9.74. The van der Waals surface area contributed by atoms with E-state index in [2.05, 4.69) is 5.32 Å². The van der Waals surface area contributed by atoms with Crippen molar-refractivity contribution in [1.29, 1.82) is 0 Å². The summed E-state index contributed by atoms with van der Waals surface area (Å²) in [5.74, 6) is -1.08. The standard InChI is InChI=1S/C13H24N2O3/c1-12(2,11(17)18)13(3,4)15-10(16)8-5-6-9(14)7-8/h8-9H,5-7,14H2,1-4H3,(H,15,16)(H,17,18). The molecule has 0 saturated heterocycles. The van der Waals surface area contributed by atoms with Gasteiger partial charge in [0.25, 0.3) is 0 Å². The largest absolute Gasteiger partial charge is 0.481 e. The first-order valence-corrected chi connectivity index (χ1v) is 6.39. The van der Waals surface area contributed by atoms with Gasteiger partial charge in [0.15, 0.2) is 0 Å². The number of carboxylic acid groups (broad SMARTS) is 1. The Morgan fingerprint density at radius 1 is 1.22 bits per heavy atom. The number of nitrogens with two attached hydrogens (primary N) is 1. The average molecular weight is 256 g/mol. The van der Waals surface area contributed by atoms with E-state index < -0.39 is 16.9 Å². The van der Waals surface area contributed by atoms with Gasteiger partial charge in [-0.3, -0.25) is 9.59 Å². The predicted octanol–water partition coefficient (Wildman–Crippen LogP) is 1.12. The van der Waals surface area contributed by atoms with Gasteiger partial charge in [-0.15, -0.1) is 0 Å². The van der Waals surface area contributed by atoms with Crippen molar-refractivity contribution >= 4 is 11.9 Å². The summed E-state index contributed by atoms with van der Waals surface area (Å²) >= 11 is 0. The van der Waals surface area contributed by atoms with Crippen LogP contribution < -0.4 is 11.1 Å². The molecule has 5 heteroatoms. The molecule has 1 amide bonds. The second-order valence-corrected chi connectivity index (χ2v) is 6.31. The van der Waals surface area contributed by atoms with Gasteiger partial charge in [-0.05, 0) is 47.0 Å². The lowest BCUT2D eigenvalue weighted by Crippen LogP contribution is -2.58. The number of carboxylic acids is 1. The van der Waals surface area contributed by atoms with Crippen molar-refractivity contribution in [3.63, 3.8) is 0 Å². The molecule has 2 atom stereocenters. The van der Waals surface area contributed by atoms with E-state index >= 15 is 0 Å². The molecule has 0 aliphatic heterocycles. The highest BCUT2D eigenvalue weighted by Crippen LogP contribution is 2.32. The smallest absolute Gasteiger partial charge is 0.311 e. The molecule has 0 bridgehead atoms. The first-order chi connectivity index (χ1) is 8.08. The van der Waals surface area contributed by atoms with Gasteiger partial charge >= 0.3 is 5.97 Å². The van der Waals surface area contributed by atoms with Crippen molar-refractivity contribution in [3.05, 3.63) is 0 Å². The zero-order chi connectivity index (χ0) is 14.1. The Morgan fingerprint density at radius 2 is 1.78 bits per heavy atom. The maximum Gasteiger partial charge on any atom is 0.311 e. The van der Waals surface area contributed by atoms with Gasteiger partial charge in [0.2, 0.25) is 5.91 Å². The Bertz CT molecular complexity index is 350. The molecule has 1 aliphatic rings. The molecule has 1 rings (SSSR count). The number of hydrogen-bond donors (Lipinski definition) is 3. The molecule has 104 valence electrons. The fourth-order valence-corrected chi connectivity index (χ4v) is 2.09. The summed E-state index contributed by atoms with van der Waals surface area (Å²) in [7, 11) is 0. The van der Waals surface area contributed by atoms with E-state index in [0.717, 1.165) is 12.8 Å². The normalized spacial score (nSPS) is 24.9. The quantitative estimate of drug-likeness (QED) is 0.702. The highest BCUT2D eigenvalue weighted by Gasteiger charge is 2.45. The third-order valence-corrected chi connectivity index (χ3v) is 4.38. The van der Waals surface area contributed by atoms with Crippen molar-refractivity contribution in [2.45, 2.75) is 58.5 Å². The van der Waals surface area contributed by atoms with Gasteiger partial charge in [0, 0.05) is 17.5 Å². The fourth-order valence-electron chi connectivity index (χ4n) is 2.09. The third-order valence-electron chi connectivity index (χ3n) is 4.38. The van der Waals surface area contributed by atoms with Crippen LogP contribution in [0.25, 0.3) is 0 Å². The molecule has 0 aromatic heterocycles. The summed E-state index contributed by atoms with van der Waals surface area (Å²) < 4.78 is 0. The van der Waals surface area contributed by atoms with Gasteiger partial charge in [-0.2, -0.15) is 0 Å². The minimum atomic E-state index is -1.02. The predicted molar refractivity (Wildman–Crippen MR) is 69.0 cm³/mol. The van der Waals surface area contributed by atoms with E-state index in [4.69, 9.17) is 5.73 Å². The summed E-state index contributed by atoms with van der Waals surface area (Å²) in [4.78, 5) is 23.4. The van der Waals surface area contributed by atoms with Crippen LogP contribution in [0.2, 0.25) is 0 Å². The molecule has 1 aliphatic carbocycles. The first kappa shape index (κ1) is 15.0. The van der Waals surface area contributed by atoms with Crippen molar-refractivity contribution in [2.24, 2.45) is 17.1 Å². The van der Waals surface area contributed by atoms with Crippen LogP contribution in [0, 0.1) is 11.3 Å². The number of hydrogen-bond acceptors (Lipinski definition) is 3. The molecule has 5 nitrogen and oxygen atoms in total. The SMILES string of the molecule is CC(C)(NC(=O)C1CCC(N)C1)C(C)(C)C(=O)O. The molecular formula is C13H24N2O3. The van der Waals surface area contributed by atoms with Crippen LogP contribution >= 0.6 is 0 Å². The molecule has 1 fully saturated rings. The van der Waals surface area contributed by atoms with Gasteiger partial charge < -0.3 is 16.2 Å². The Labute approximate surface area is 108 Å². The lowest BCUT2D eigenvalue weighted by Gasteiger charge is -2.39. The Hall–Kier alpha value is -1.10. The molecule has 4 N–H and O–H groups in total. The highest BCUT2D eigenvalue weighted by atomic mass is 16.4. The van der Waals surface area contributed by atoms with Crippen LogP contribution in [0.15, 0.2) is 0 Å². The van der Waals surface area contributed by atoms with E-state index in [1.165, 1.54) is 0 Å². The highest BCUT2D eigenvalue weighted by molar-refractivity contribution is 5.82. The number of nitrogens with one attached hydrogen (secondary N) is 1. The second-order valence-electron chi connectivity index (χ2n) is 6.31. The number of amides is 1. The van der Waals surface area contributed by atoms with Crippen LogP contribution in [-0.2, 0) is 9.59 Å². The zero-order valence-corrected chi connectivity index (χ0v) is 11.6. The number of aliphatic carboxylic acids is 1. The molecule has 2 unspecified atom stereocenters. The van der Waals surface area contributed by atoms with E-state index in [1.807, 2.05) is 0 Å². The van der Waals surface area contributed by atoms with Crippen molar-refractivity contribution in [3.8, 4) is 0 Å². The maximum absolute atomic E-state index is 12.1. The number of rotatable bonds is 4. The van der Waals surface area contributed by atoms with Crippen molar-refractivity contribution < 1.29 is 14.7 Å². The molecule has 0 radical (unpaired) electrons. The molecule has 0 aromatic rings. The molecule has 0 spiro atoms. The van der Waals surface area contributed by atoms with Crippen LogP contribution in [0.3, 0.4) is 0 Å². The summed E-state index contributed by atoms with van der Waals surface area (Å²) in [5, 5.41) is 12.1. The van der Waals surface area contributed by atoms with Crippen molar-refractivity contribution in [1.82, 2.24) is 5.32 Å². The Kier molecular flexibility index (Phi) is 4.05. The van der Waals surface area contributed by atoms with Crippen LogP contribution in [-0.4, -0.2) is 28.6 Å². The summed E-state index contributed by atoms with van der Waals surface area (Å²) in [6, 6.07) is 0.0938. The van der Waals surface area contributed by atoms with Gasteiger partial charge in [-0.25, -0.2) is 0 Å². The zero-order valence-electron chi connectivity index (χ0n) is 11.6. The molecule has 18 heavy (non-hydrogen) atoms. The number of carbonyl (C=O) groups is 2. The van der Waals surface area contributed by atoms with E-state index in [9.17, 15) is 14.7 Å². The van der Waals surface area contributed by atoms with E-state index in [1.54, 1.807) is 27.7 Å². The third kappa shape index (κ3) is 2.83. The Balaban J connectivity index is 2.71. The molecule has 0 aromatic carbocycles. The second kappa shape index (κ2) is 4.88. The molecule has 0 heterocycles. The van der Waals surface area contributed by atoms with Crippen LogP contribution in [0.1, 0.15) is 47.0 Å². The maximum atomic E-state index is 12.1. The van der Waals surface area contributed by atoms with Crippen LogP contribution in [0.4, 0.5) is 0 Å². The number of carbonyl (C=O) groups excluding carboxylic acids is 1. The minimum absolute atomic E-state index is 0.0798. The average Bonchev–Trinajstić information content (AvgIpc) is 2.63. The van der Waals surface area contributed by atoms with Gasteiger partial charge in [0.1, 0.15) is 0 Å². The summed E-state index contributed by atoms with van der Waals surface area (Å²) in [5.41, 5.74) is 3.96. The fraction of sp³-hybridized carbons (Fsp3) is 0.846. The summed E-state index contributed by atoms with van der Waals surface area (Å²) in [6.45, 7) is 6.73. The molecule has 1 saturated carbocycles. The molecular weight excluding hydrogens is 232 g/mol. The first-order valence-electron chi connectivity index (χ1n) is 6.39. The monoisotopic (exact) mass is 256 g/mol. The van der Waals surface area contributed by atoms with Gasteiger partial charge in [-0.1, -0.05) is 0 Å². The lowest BCUT2D eigenvalue weighted by molar-refractivity contribution is -0.152.